The van der Waals surface area contributed by atoms with E-state index >= 15 is 0 Å². The molecule has 0 aromatic carbocycles. The minimum atomic E-state index is -0.0931. The monoisotopic (exact) mass is 392 g/mol. The molecule has 0 unspecified atom stereocenters. The first-order valence-electron chi connectivity index (χ1n) is 9.51. The number of nitrogens with zero attached hydrogens (tertiary/aromatic N) is 6. The van der Waals surface area contributed by atoms with Gasteiger partial charge in [0, 0.05) is 24.2 Å². The van der Waals surface area contributed by atoms with E-state index in [9.17, 15) is 5.11 Å². The first kappa shape index (κ1) is 17.8. The number of furan rings is 1. The van der Waals surface area contributed by atoms with Gasteiger partial charge < -0.3 is 14.0 Å². The van der Waals surface area contributed by atoms with Crippen LogP contribution in [0.4, 0.5) is 0 Å². The lowest BCUT2D eigenvalue weighted by molar-refractivity contribution is 0.182. The molecular formula is C20H20N6O3. The lowest BCUT2D eigenvalue weighted by Crippen LogP contribution is -2.22. The summed E-state index contributed by atoms with van der Waals surface area (Å²) in [5, 5.41) is 13.3. The number of hydrogen-bond acceptors (Lipinski definition) is 8. The summed E-state index contributed by atoms with van der Waals surface area (Å²) in [7, 11) is 0. The molecule has 0 amide bonds. The Morgan fingerprint density at radius 2 is 2.10 bits per heavy atom. The van der Waals surface area contributed by atoms with Gasteiger partial charge in [-0.1, -0.05) is 5.16 Å². The summed E-state index contributed by atoms with van der Waals surface area (Å²) in [6.45, 7) is 1.48. The summed E-state index contributed by atoms with van der Waals surface area (Å²) in [6, 6.07) is 7.56. The van der Waals surface area contributed by atoms with Crippen LogP contribution in [0.3, 0.4) is 0 Å². The maximum absolute atomic E-state index is 9.17. The van der Waals surface area contributed by atoms with Crippen LogP contribution in [-0.2, 0) is 13.2 Å². The van der Waals surface area contributed by atoms with Crippen molar-refractivity contribution >= 4 is 0 Å². The smallest absolute Gasteiger partial charge is 0.244 e. The van der Waals surface area contributed by atoms with Crippen molar-refractivity contribution in [3.8, 4) is 17.2 Å². The third kappa shape index (κ3) is 3.57. The average Bonchev–Trinajstić information content (AvgIpc) is 3.55. The lowest BCUT2D eigenvalue weighted by atomic mass is 10.2. The summed E-state index contributed by atoms with van der Waals surface area (Å²) >= 11 is 0. The van der Waals surface area contributed by atoms with Gasteiger partial charge in [0.25, 0.3) is 0 Å². The van der Waals surface area contributed by atoms with Gasteiger partial charge in [-0.3, -0.25) is 9.47 Å². The van der Waals surface area contributed by atoms with Crippen LogP contribution in [0, 0.1) is 0 Å². The Hall–Kier alpha value is -3.30. The van der Waals surface area contributed by atoms with Crippen LogP contribution >= 0.6 is 0 Å². The van der Waals surface area contributed by atoms with Crippen LogP contribution in [0.1, 0.15) is 36.3 Å². The summed E-state index contributed by atoms with van der Waals surface area (Å²) < 4.78 is 13.0. The molecule has 1 saturated heterocycles. The van der Waals surface area contributed by atoms with Gasteiger partial charge in [0.1, 0.15) is 30.3 Å². The first-order valence-corrected chi connectivity index (χ1v) is 9.51. The molecule has 0 radical (unpaired) electrons. The molecule has 1 atom stereocenters. The maximum Gasteiger partial charge on any atom is 0.244 e. The summed E-state index contributed by atoms with van der Waals surface area (Å²) in [6.07, 6.45) is 8.98. The van der Waals surface area contributed by atoms with Crippen LogP contribution in [-0.4, -0.2) is 41.2 Å². The number of rotatable bonds is 6. The van der Waals surface area contributed by atoms with Gasteiger partial charge in [-0.05, 0) is 43.7 Å². The Morgan fingerprint density at radius 3 is 2.86 bits per heavy atom. The minimum absolute atomic E-state index is 0.0529. The fourth-order valence-electron chi connectivity index (χ4n) is 3.64. The van der Waals surface area contributed by atoms with Crippen molar-refractivity contribution in [2.75, 3.05) is 6.54 Å². The number of likely N-dealkylation sites (tertiary alicyclic amines) is 1. The highest BCUT2D eigenvalue weighted by Crippen LogP contribution is 2.33. The third-order valence-electron chi connectivity index (χ3n) is 5.10. The van der Waals surface area contributed by atoms with Crippen LogP contribution in [0.25, 0.3) is 17.2 Å². The Labute approximate surface area is 166 Å². The molecule has 1 fully saturated rings. The standard InChI is InChI=1S/C20H20N6O3/c27-12-16-5-4-15(28-16)11-25-8-1-2-17(25)20-23-19(24-29-20)14-3-6-18(22-10-14)26-9-7-21-13-26/h3-7,9-10,13,17,27H,1-2,8,11-12H2/t17-/m0/s1. The molecule has 1 N–H and O–H groups in total. The quantitative estimate of drug-likeness (QED) is 0.534. The van der Waals surface area contributed by atoms with Crippen LogP contribution in [0.5, 0.6) is 0 Å². The van der Waals surface area contributed by atoms with Gasteiger partial charge in [0.15, 0.2) is 0 Å². The van der Waals surface area contributed by atoms with Crippen molar-refractivity contribution in [3.05, 3.63) is 66.6 Å². The van der Waals surface area contributed by atoms with Gasteiger partial charge in [0.2, 0.25) is 11.7 Å². The van der Waals surface area contributed by atoms with Crippen LogP contribution < -0.4 is 0 Å². The fraction of sp³-hybridized carbons (Fsp3) is 0.300. The number of hydrogen-bond donors (Lipinski definition) is 1. The van der Waals surface area contributed by atoms with Gasteiger partial charge in [0.05, 0.1) is 12.6 Å². The zero-order valence-electron chi connectivity index (χ0n) is 15.7. The second kappa shape index (κ2) is 7.61. The molecule has 0 bridgehead atoms. The Kier molecular flexibility index (Phi) is 4.66. The van der Waals surface area contributed by atoms with E-state index in [1.165, 1.54) is 0 Å². The second-order valence-corrected chi connectivity index (χ2v) is 6.99. The Morgan fingerprint density at radius 1 is 1.17 bits per heavy atom. The van der Waals surface area contributed by atoms with Crippen molar-refractivity contribution in [2.45, 2.75) is 32.0 Å². The topological polar surface area (TPSA) is 106 Å². The van der Waals surface area contributed by atoms with Crippen molar-refractivity contribution in [1.29, 1.82) is 0 Å². The maximum atomic E-state index is 9.17. The van der Waals surface area contributed by atoms with E-state index in [-0.39, 0.29) is 12.6 Å². The van der Waals surface area contributed by atoms with E-state index in [2.05, 4.69) is 25.0 Å². The molecule has 5 rings (SSSR count). The molecule has 4 aromatic rings. The van der Waals surface area contributed by atoms with E-state index in [0.717, 1.165) is 36.5 Å². The highest BCUT2D eigenvalue weighted by molar-refractivity contribution is 5.53. The zero-order valence-corrected chi connectivity index (χ0v) is 15.7. The molecule has 0 aliphatic carbocycles. The molecule has 29 heavy (non-hydrogen) atoms. The van der Waals surface area contributed by atoms with Gasteiger partial charge in [-0.25, -0.2) is 9.97 Å². The first-order chi connectivity index (χ1) is 14.3. The largest absolute Gasteiger partial charge is 0.462 e. The number of aliphatic hydroxyl groups is 1. The van der Waals surface area contributed by atoms with Gasteiger partial charge in [-0.2, -0.15) is 4.98 Å². The zero-order chi connectivity index (χ0) is 19.6. The second-order valence-electron chi connectivity index (χ2n) is 6.99. The van der Waals surface area contributed by atoms with Crippen LogP contribution in [0.15, 0.2) is 58.1 Å². The molecule has 1 aliphatic rings. The lowest BCUT2D eigenvalue weighted by Gasteiger charge is -2.19. The molecular weight excluding hydrogens is 372 g/mol. The summed E-state index contributed by atoms with van der Waals surface area (Å²) in [4.78, 5) is 15.4. The molecule has 0 saturated carbocycles. The number of aliphatic hydroxyl groups excluding tert-OH is 1. The minimum Gasteiger partial charge on any atom is -0.462 e. The number of pyridine rings is 1. The molecule has 5 heterocycles. The summed E-state index contributed by atoms with van der Waals surface area (Å²) in [5.41, 5.74) is 0.798. The highest BCUT2D eigenvalue weighted by atomic mass is 16.5. The van der Waals surface area contributed by atoms with Crippen molar-refractivity contribution in [3.63, 3.8) is 0 Å². The van der Waals surface area contributed by atoms with E-state index in [4.69, 9.17) is 8.94 Å². The van der Waals surface area contributed by atoms with Gasteiger partial charge >= 0.3 is 0 Å². The molecule has 0 spiro atoms. The predicted molar refractivity (Wildman–Crippen MR) is 102 cm³/mol. The third-order valence-corrected chi connectivity index (χ3v) is 5.10. The van der Waals surface area contributed by atoms with Crippen LogP contribution in [0.2, 0.25) is 0 Å². The molecule has 9 heteroatoms. The average molecular weight is 392 g/mol. The molecule has 4 aromatic heterocycles. The van der Waals surface area contributed by atoms with Gasteiger partial charge in [-0.15, -0.1) is 0 Å². The van der Waals surface area contributed by atoms with E-state index in [1.54, 1.807) is 24.8 Å². The molecule has 148 valence electrons. The Balaban J connectivity index is 1.32. The number of aromatic nitrogens is 5. The molecule has 9 nitrogen and oxygen atoms in total. The van der Waals surface area contributed by atoms with E-state index in [0.29, 0.717) is 24.0 Å². The predicted octanol–water partition coefficient (Wildman–Crippen LogP) is 2.74. The van der Waals surface area contributed by atoms with Crippen molar-refractivity contribution in [1.82, 2.24) is 29.6 Å². The molecule has 1 aliphatic heterocycles. The normalized spacial score (nSPS) is 17.2. The highest BCUT2D eigenvalue weighted by Gasteiger charge is 2.31. The summed E-state index contributed by atoms with van der Waals surface area (Å²) in [5.74, 6) is 3.29. The van der Waals surface area contributed by atoms with E-state index in [1.807, 2.05) is 29.0 Å². The van der Waals surface area contributed by atoms with E-state index < -0.39 is 0 Å². The SMILES string of the molecule is OCc1ccc(CN2CCC[C@H]2c2nc(-c3ccc(-n4ccnc4)nc3)no2)o1. The number of imidazole rings is 1. The Bertz CT molecular complexity index is 1070. The van der Waals surface area contributed by atoms with Crippen molar-refractivity contribution < 1.29 is 14.0 Å². The fourth-order valence-corrected chi connectivity index (χ4v) is 3.64. The van der Waals surface area contributed by atoms with Crippen molar-refractivity contribution in [2.24, 2.45) is 0 Å².